The molecule has 0 spiro atoms. The number of aryl methyl sites for hydroxylation is 3. The van der Waals surface area contributed by atoms with E-state index in [1.54, 1.807) is 18.3 Å². The molecule has 1 atom stereocenters. The minimum absolute atomic E-state index is 0.447. The fraction of sp³-hybridized carbons (Fsp3) is 0.400. The highest BCUT2D eigenvalue weighted by Gasteiger charge is 2.11. The van der Waals surface area contributed by atoms with Crippen molar-refractivity contribution < 1.29 is 9.84 Å². The lowest BCUT2D eigenvalue weighted by atomic mass is 10.1. The normalized spacial score (nSPS) is 12.5. The van der Waals surface area contributed by atoms with Gasteiger partial charge in [-0.3, -0.25) is 0 Å². The van der Waals surface area contributed by atoms with Gasteiger partial charge in [-0.25, -0.2) is 4.98 Å². The van der Waals surface area contributed by atoms with E-state index in [1.165, 1.54) is 4.88 Å². The van der Waals surface area contributed by atoms with Crippen LogP contribution in [-0.2, 0) is 6.61 Å². The van der Waals surface area contributed by atoms with E-state index in [4.69, 9.17) is 4.74 Å². The first kappa shape index (κ1) is 14.0. The van der Waals surface area contributed by atoms with Crippen LogP contribution in [0.1, 0.15) is 39.7 Å². The Morgan fingerprint density at radius 3 is 2.63 bits per heavy atom. The Kier molecular flexibility index (Phi) is 4.22. The Hall–Kier alpha value is -1.39. The van der Waals surface area contributed by atoms with Gasteiger partial charge in [0, 0.05) is 10.4 Å². The summed E-state index contributed by atoms with van der Waals surface area (Å²) < 4.78 is 5.82. The van der Waals surface area contributed by atoms with Crippen LogP contribution in [0.25, 0.3) is 0 Å². The van der Waals surface area contributed by atoms with Crippen molar-refractivity contribution in [2.45, 2.75) is 40.4 Å². The Morgan fingerprint density at radius 2 is 2.05 bits per heavy atom. The van der Waals surface area contributed by atoms with E-state index in [0.717, 1.165) is 27.6 Å². The molecule has 0 saturated carbocycles. The van der Waals surface area contributed by atoms with Crippen LogP contribution >= 0.6 is 11.3 Å². The molecule has 102 valence electrons. The third kappa shape index (κ3) is 3.33. The van der Waals surface area contributed by atoms with Crippen LogP contribution in [0.3, 0.4) is 0 Å². The number of benzene rings is 1. The van der Waals surface area contributed by atoms with Gasteiger partial charge in [0.1, 0.15) is 17.4 Å². The van der Waals surface area contributed by atoms with Gasteiger partial charge in [0.15, 0.2) is 0 Å². The smallest absolute Gasteiger partial charge is 0.140 e. The zero-order valence-electron chi connectivity index (χ0n) is 11.7. The quantitative estimate of drug-likeness (QED) is 0.926. The zero-order chi connectivity index (χ0) is 14.0. The third-order valence-corrected chi connectivity index (χ3v) is 4.09. The summed E-state index contributed by atoms with van der Waals surface area (Å²) >= 11 is 1.65. The molecule has 1 aromatic carbocycles. The number of rotatable bonds is 4. The van der Waals surface area contributed by atoms with E-state index in [9.17, 15) is 5.11 Å². The molecule has 1 aromatic heterocycles. The van der Waals surface area contributed by atoms with Crippen molar-refractivity contribution in [3.05, 3.63) is 44.9 Å². The van der Waals surface area contributed by atoms with Gasteiger partial charge in [-0.05, 0) is 39.3 Å². The third-order valence-electron chi connectivity index (χ3n) is 3.04. The van der Waals surface area contributed by atoms with Crippen LogP contribution in [0.5, 0.6) is 5.75 Å². The van der Waals surface area contributed by atoms with E-state index in [-0.39, 0.29) is 0 Å². The van der Waals surface area contributed by atoms with Crippen LogP contribution < -0.4 is 4.74 Å². The largest absolute Gasteiger partial charge is 0.486 e. The molecule has 4 heteroatoms. The molecule has 19 heavy (non-hydrogen) atoms. The molecular formula is C15H19NO2S. The van der Waals surface area contributed by atoms with Crippen molar-refractivity contribution in [2.24, 2.45) is 0 Å². The molecule has 0 fully saturated rings. The number of aliphatic hydroxyl groups is 1. The summed E-state index contributed by atoms with van der Waals surface area (Å²) in [6.07, 6.45) is -0.532. The van der Waals surface area contributed by atoms with Crippen LogP contribution in [-0.4, -0.2) is 10.1 Å². The van der Waals surface area contributed by atoms with E-state index >= 15 is 0 Å². The molecule has 1 N–H and O–H groups in total. The second-order valence-corrected chi connectivity index (χ2v) is 6.04. The van der Waals surface area contributed by atoms with Crippen LogP contribution in [0.15, 0.2) is 18.2 Å². The van der Waals surface area contributed by atoms with Crippen molar-refractivity contribution in [1.82, 2.24) is 4.98 Å². The molecular weight excluding hydrogens is 258 g/mol. The van der Waals surface area contributed by atoms with Gasteiger partial charge >= 0.3 is 0 Å². The number of hydrogen-bond acceptors (Lipinski definition) is 4. The number of thiazole rings is 1. The number of aliphatic hydroxyl groups excluding tert-OH is 1. The van der Waals surface area contributed by atoms with Gasteiger partial charge in [-0.2, -0.15) is 0 Å². The Labute approximate surface area is 117 Å². The van der Waals surface area contributed by atoms with Crippen molar-refractivity contribution in [3.8, 4) is 5.75 Å². The molecule has 1 heterocycles. The molecule has 0 aliphatic heterocycles. The Morgan fingerprint density at radius 1 is 1.32 bits per heavy atom. The first-order valence-electron chi connectivity index (χ1n) is 6.31. The van der Waals surface area contributed by atoms with Crippen LogP contribution in [0, 0.1) is 20.8 Å². The summed E-state index contributed by atoms with van der Waals surface area (Å²) in [6, 6.07) is 5.84. The van der Waals surface area contributed by atoms with E-state index in [1.807, 2.05) is 32.0 Å². The van der Waals surface area contributed by atoms with Crippen LogP contribution in [0.4, 0.5) is 0 Å². The van der Waals surface area contributed by atoms with Crippen LogP contribution in [0.2, 0.25) is 0 Å². The molecule has 1 unspecified atom stereocenters. The maximum Gasteiger partial charge on any atom is 0.140 e. The summed E-state index contributed by atoms with van der Waals surface area (Å²) in [5.41, 5.74) is 2.99. The summed E-state index contributed by atoms with van der Waals surface area (Å²) in [5, 5.41) is 10.7. The SMILES string of the molecule is Cc1ccc(C(C)O)c(OCc2nc(C)c(C)s2)c1. The first-order chi connectivity index (χ1) is 8.97. The lowest BCUT2D eigenvalue weighted by Crippen LogP contribution is -2.01. The molecule has 0 aliphatic rings. The second-order valence-electron chi connectivity index (χ2n) is 4.76. The fourth-order valence-corrected chi connectivity index (χ4v) is 2.70. The molecule has 2 rings (SSSR count). The minimum Gasteiger partial charge on any atom is -0.486 e. The van der Waals surface area contributed by atoms with Gasteiger partial charge in [-0.15, -0.1) is 11.3 Å². The number of nitrogens with zero attached hydrogens (tertiary/aromatic N) is 1. The maximum absolute atomic E-state index is 9.75. The molecule has 3 nitrogen and oxygen atoms in total. The van der Waals surface area contributed by atoms with Crippen molar-refractivity contribution in [3.63, 3.8) is 0 Å². The molecule has 0 radical (unpaired) electrons. The van der Waals surface area contributed by atoms with Gasteiger partial charge in [0.2, 0.25) is 0 Å². The minimum atomic E-state index is -0.532. The van der Waals surface area contributed by atoms with E-state index in [2.05, 4.69) is 11.9 Å². The highest BCUT2D eigenvalue weighted by atomic mass is 32.1. The predicted octanol–water partition coefficient (Wildman–Crippen LogP) is 3.70. The fourth-order valence-electron chi connectivity index (χ4n) is 1.85. The number of aromatic nitrogens is 1. The summed E-state index contributed by atoms with van der Waals surface area (Å²) in [7, 11) is 0. The summed E-state index contributed by atoms with van der Waals surface area (Å²) in [5.74, 6) is 0.737. The monoisotopic (exact) mass is 277 g/mol. The van der Waals surface area contributed by atoms with Gasteiger partial charge < -0.3 is 9.84 Å². The van der Waals surface area contributed by atoms with Crippen molar-refractivity contribution in [2.75, 3.05) is 0 Å². The lowest BCUT2D eigenvalue weighted by Gasteiger charge is -2.13. The Bertz CT molecular complexity index is 556. The predicted molar refractivity (Wildman–Crippen MR) is 77.7 cm³/mol. The first-order valence-corrected chi connectivity index (χ1v) is 7.13. The maximum atomic E-state index is 9.75. The standard InChI is InChI=1S/C15H19NO2S/c1-9-5-6-13(11(3)17)14(7-9)18-8-15-16-10(2)12(4)19-15/h5-7,11,17H,8H2,1-4H3. The lowest BCUT2D eigenvalue weighted by molar-refractivity contribution is 0.190. The van der Waals surface area contributed by atoms with Gasteiger partial charge in [0.05, 0.1) is 11.8 Å². The summed E-state index contributed by atoms with van der Waals surface area (Å²) in [4.78, 5) is 5.67. The number of ether oxygens (including phenoxy) is 1. The topological polar surface area (TPSA) is 42.4 Å². The van der Waals surface area contributed by atoms with Crippen molar-refractivity contribution in [1.29, 1.82) is 0 Å². The molecule has 0 amide bonds. The molecule has 0 aliphatic carbocycles. The highest BCUT2D eigenvalue weighted by molar-refractivity contribution is 7.11. The molecule has 2 aromatic rings. The highest BCUT2D eigenvalue weighted by Crippen LogP contribution is 2.27. The Balaban J connectivity index is 2.16. The van der Waals surface area contributed by atoms with Crippen molar-refractivity contribution >= 4 is 11.3 Å². The molecule has 0 bridgehead atoms. The van der Waals surface area contributed by atoms with Gasteiger partial charge in [0.25, 0.3) is 0 Å². The second kappa shape index (κ2) is 5.72. The molecule has 0 saturated heterocycles. The van der Waals surface area contributed by atoms with E-state index in [0.29, 0.717) is 6.61 Å². The average Bonchev–Trinajstić information content (AvgIpc) is 2.66. The number of hydrogen-bond donors (Lipinski definition) is 1. The summed E-state index contributed by atoms with van der Waals surface area (Å²) in [6.45, 7) is 8.27. The van der Waals surface area contributed by atoms with Gasteiger partial charge in [-0.1, -0.05) is 12.1 Å². The van der Waals surface area contributed by atoms with E-state index < -0.39 is 6.10 Å². The zero-order valence-corrected chi connectivity index (χ0v) is 12.5. The average molecular weight is 277 g/mol.